The van der Waals surface area contributed by atoms with E-state index >= 15 is 0 Å². The lowest BCUT2D eigenvalue weighted by molar-refractivity contribution is -0.0311. The van der Waals surface area contributed by atoms with E-state index in [0.29, 0.717) is 18.0 Å². The quantitative estimate of drug-likeness (QED) is 0.700. The van der Waals surface area contributed by atoms with Gasteiger partial charge in [-0.2, -0.15) is 0 Å². The van der Waals surface area contributed by atoms with Crippen LogP contribution in [0.2, 0.25) is 0 Å². The molecule has 3 heterocycles. The molecule has 3 fully saturated rings. The zero-order chi connectivity index (χ0) is 21.1. The molecule has 3 saturated heterocycles. The maximum absolute atomic E-state index is 13.3. The summed E-state index contributed by atoms with van der Waals surface area (Å²) in [6.45, 7) is 5.32. The number of ether oxygens (including phenoxy) is 2. The Labute approximate surface area is 177 Å². The van der Waals surface area contributed by atoms with Gasteiger partial charge in [0.15, 0.2) is 0 Å². The fourth-order valence-electron chi connectivity index (χ4n) is 4.39. The maximum atomic E-state index is 13.3. The van der Waals surface area contributed by atoms with Crippen molar-refractivity contribution >= 4 is 17.7 Å². The van der Waals surface area contributed by atoms with Crippen molar-refractivity contribution in [1.29, 1.82) is 0 Å². The maximum Gasteiger partial charge on any atom is 0.414 e. The van der Waals surface area contributed by atoms with E-state index in [9.17, 15) is 9.59 Å². The topological polar surface area (TPSA) is 59.1 Å². The van der Waals surface area contributed by atoms with Gasteiger partial charge in [0.05, 0.1) is 19.2 Å². The molecule has 6 nitrogen and oxygen atoms in total. The molecule has 2 bridgehead atoms. The van der Waals surface area contributed by atoms with Gasteiger partial charge in [-0.1, -0.05) is 24.3 Å². The number of hydrogen-bond acceptors (Lipinski definition) is 5. The van der Waals surface area contributed by atoms with Crippen LogP contribution < -0.4 is 4.90 Å². The summed E-state index contributed by atoms with van der Waals surface area (Å²) in [4.78, 5) is 29.2. The molecule has 1 unspecified atom stereocenters. The number of rotatable bonds is 5. The average Bonchev–Trinajstić information content (AvgIpc) is 2.78. The number of anilines is 1. The molecule has 5 rings (SSSR count). The third kappa shape index (κ3) is 4.49. The second kappa shape index (κ2) is 8.88. The minimum atomic E-state index is -0.395. The van der Waals surface area contributed by atoms with Crippen LogP contribution in [0.4, 0.5) is 10.5 Å². The predicted octanol–water partition coefficient (Wildman–Crippen LogP) is 4.02. The van der Waals surface area contributed by atoms with Gasteiger partial charge in [-0.15, -0.1) is 0 Å². The van der Waals surface area contributed by atoms with Gasteiger partial charge in [0.1, 0.15) is 6.10 Å². The predicted molar refractivity (Wildman–Crippen MR) is 115 cm³/mol. The summed E-state index contributed by atoms with van der Waals surface area (Å²) < 4.78 is 10.8. The third-order valence-corrected chi connectivity index (χ3v) is 6.07. The highest BCUT2D eigenvalue weighted by Crippen LogP contribution is 2.31. The van der Waals surface area contributed by atoms with Crippen LogP contribution in [0.25, 0.3) is 0 Å². The summed E-state index contributed by atoms with van der Waals surface area (Å²) in [5.74, 6) is 0.0507. The number of esters is 1. The van der Waals surface area contributed by atoms with Crippen molar-refractivity contribution in [3.63, 3.8) is 0 Å². The van der Waals surface area contributed by atoms with E-state index in [1.807, 2.05) is 37.3 Å². The molecule has 3 aliphatic rings. The van der Waals surface area contributed by atoms with Crippen LogP contribution in [-0.4, -0.2) is 49.8 Å². The number of hydrogen-bond donors (Lipinski definition) is 0. The van der Waals surface area contributed by atoms with E-state index in [4.69, 9.17) is 9.47 Å². The zero-order valence-electron chi connectivity index (χ0n) is 17.5. The lowest BCUT2D eigenvalue weighted by Crippen LogP contribution is -2.53. The normalized spacial score (nSPS) is 22.4. The number of amides is 1. The Bertz CT molecular complexity index is 921. The second-order valence-electron chi connectivity index (χ2n) is 8.18. The molecule has 2 aromatic rings. The van der Waals surface area contributed by atoms with Crippen molar-refractivity contribution in [2.24, 2.45) is 5.92 Å². The van der Waals surface area contributed by atoms with Crippen LogP contribution in [0, 0.1) is 12.8 Å². The van der Waals surface area contributed by atoms with Crippen LogP contribution in [0.1, 0.15) is 34.3 Å². The molecule has 0 aromatic heterocycles. The molecule has 6 heteroatoms. The molecular weight excluding hydrogens is 380 g/mol. The number of fused-ring (bicyclic) bond motifs is 3. The highest BCUT2D eigenvalue weighted by molar-refractivity contribution is 5.90. The smallest absolute Gasteiger partial charge is 0.414 e. The molecule has 0 aliphatic carbocycles. The molecular formula is C24H28N2O4. The van der Waals surface area contributed by atoms with Crippen molar-refractivity contribution in [2.45, 2.75) is 32.4 Å². The van der Waals surface area contributed by atoms with Crippen LogP contribution in [0.5, 0.6) is 0 Å². The first-order valence-electron chi connectivity index (χ1n) is 10.5. The molecule has 1 amide bonds. The van der Waals surface area contributed by atoms with E-state index in [1.165, 1.54) is 7.11 Å². The van der Waals surface area contributed by atoms with Gasteiger partial charge in [0.25, 0.3) is 0 Å². The Morgan fingerprint density at radius 3 is 2.53 bits per heavy atom. The number of carbonyl (C=O) groups excluding carboxylic acids is 2. The minimum Gasteiger partial charge on any atom is -0.465 e. The van der Waals surface area contributed by atoms with Gasteiger partial charge in [0, 0.05) is 12.2 Å². The van der Waals surface area contributed by atoms with Crippen LogP contribution in [-0.2, 0) is 16.0 Å². The minimum absolute atomic E-state index is 0.0614. The number of methoxy groups -OCH3 is 1. The number of benzene rings is 2. The molecule has 0 spiro atoms. The van der Waals surface area contributed by atoms with Crippen LogP contribution >= 0.6 is 0 Å². The monoisotopic (exact) mass is 408 g/mol. The first-order valence-corrected chi connectivity index (χ1v) is 10.5. The molecule has 2 aromatic carbocycles. The van der Waals surface area contributed by atoms with Crippen molar-refractivity contribution in [1.82, 2.24) is 4.90 Å². The number of nitrogens with zero attached hydrogens (tertiary/aromatic N) is 2. The number of aryl methyl sites for hydroxylation is 1. The van der Waals surface area contributed by atoms with E-state index < -0.39 is 5.97 Å². The summed E-state index contributed by atoms with van der Waals surface area (Å²) in [6.07, 6.45) is 1.77. The van der Waals surface area contributed by atoms with E-state index in [1.54, 1.807) is 23.1 Å². The van der Waals surface area contributed by atoms with Crippen molar-refractivity contribution in [3.05, 3.63) is 65.2 Å². The highest BCUT2D eigenvalue weighted by atomic mass is 16.6. The first kappa shape index (κ1) is 20.4. The molecule has 158 valence electrons. The molecule has 30 heavy (non-hydrogen) atoms. The van der Waals surface area contributed by atoms with Crippen LogP contribution in [0.15, 0.2) is 48.5 Å². The lowest BCUT2D eigenvalue weighted by Gasteiger charge is -2.44. The van der Waals surface area contributed by atoms with E-state index in [2.05, 4.69) is 4.90 Å². The largest absolute Gasteiger partial charge is 0.465 e. The van der Waals surface area contributed by atoms with Gasteiger partial charge in [-0.3, -0.25) is 9.80 Å². The summed E-state index contributed by atoms with van der Waals surface area (Å²) in [6, 6.07) is 15.0. The van der Waals surface area contributed by atoms with Crippen molar-refractivity contribution in [2.75, 3.05) is 31.6 Å². The van der Waals surface area contributed by atoms with Gasteiger partial charge in [-0.25, -0.2) is 9.59 Å². The second-order valence-corrected chi connectivity index (χ2v) is 8.18. The Balaban J connectivity index is 1.57. The number of piperidine rings is 3. The number of carbonyl (C=O) groups is 2. The standard InChI is InChI=1S/C24H28N2O4/c1-17-5-3-8-21(13-17)26(15-18-6-4-7-20(14-18)23(27)29-2)24(28)30-22-16-25-11-9-19(22)10-12-25/h3-8,13-14,19,22H,9-12,15-16H2,1-2H3. The summed E-state index contributed by atoms with van der Waals surface area (Å²) in [5, 5.41) is 0. The first-order chi connectivity index (χ1) is 14.5. The Morgan fingerprint density at radius 1 is 1.10 bits per heavy atom. The summed E-state index contributed by atoms with van der Waals surface area (Å²) >= 11 is 0. The van der Waals surface area contributed by atoms with Crippen LogP contribution in [0.3, 0.4) is 0 Å². The molecule has 0 N–H and O–H groups in total. The van der Waals surface area contributed by atoms with Crippen molar-refractivity contribution < 1.29 is 19.1 Å². The SMILES string of the molecule is COC(=O)c1cccc(CN(C(=O)OC2CN3CCC2CC3)c2cccc(C)c2)c1. The average molecular weight is 408 g/mol. The molecule has 0 radical (unpaired) electrons. The zero-order valence-corrected chi connectivity index (χ0v) is 17.5. The molecule has 1 atom stereocenters. The Hall–Kier alpha value is -2.86. The fraction of sp³-hybridized carbons (Fsp3) is 0.417. The lowest BCUT2D eigenvalue weighted by atomic mass is 9.86. The molecule has 3 aliphatic heterocycles. The fourth-order valence-corrected chi connectivity index (χ4v) is 4.39. The van der Waals surface area contributed by atoms with E-state index in [0.717, 1.165) is 49.3 Å². The third-order valence-electron chi connectivity index (χ3n) is 6.07. The van der Waals surface area contributed by atoms with Gasteiger partial charge >= 0.3 is 12.1 Å². The summed E-state index contributed by atoms with van der Waals surface area (Å²) in [7, 11) is 1.36. The van der Waals surface area contributed by atoms with E-state index in [-0.39, 0.29) is 12.2 Å². The Kier molecular flexibility index (Phi) is 6.04. The van der Waals surface area contributed by atoms with Gasteiger partial charge in [-0.05, 0) is 74.2 Å². The molecule has 0 saturated carbocycles. The summed E-state index contributed by atoms with van der Waals surface area (Å²) in [5.41, 5.74) is 3.15. The highest BCUT2D eigenvalue weighted by Gasteiger charge is 2.37. The van der Waals surface area contributed by atoms with Gasteiger partial charge in [0.2, 0.25) is 0 Å². The Morgan fingerprint density at radius 2 is 1.87 bits per heavy atom. The van der Waals surface area contributed by atoms with Crippen molar-refractivity contribution in [3.8, 4) is 0 Å². The van der Waals surface area contributed by atoms with Gasteiger partial charge < -0.3 is 9.47 Å².